The van der Waals surface area contributed by atoms with Crippen molar-refractivity contribution in [2.45, 2.75) is 55.0 Å². The molecule has 3 atom stereocenters. The lowest BCUT2D eigenvalue weighted by atomic mass is 9.83. The maximum absolute atomic E-state index is 13.8. The van der Waals surface area contributed by atoms with E-state index < -0.39 is 20.0 Å². The van der Waals surface area contributed by atoms with Gasteiger partial charge in [0, 0.05) is 30.2 Å². The zero-order valence-corrected chi connectivity index (χ0v) is 23.3. The summed E-state index contributed by atoms with van der Waals surface area (Å²) in [7, 11) is -7.46. The van der Waals surface area contributed by atoms with Crippen LogP contribution in [-0.2, 0) is 26.5 Å². The van der Waals surface area contributed by atoms with Gasteiger partial charge in [-0.05, 0) is 81.0 Å². The Morgan fingerprint density at radius 1 is 0.703 bits per heavy atom. The fourth-order valence-electron chi connectivity index (χ4n) is 5.70. The molecule has 0 saturated carbocycles. The van der Waals surface area contributed by atoms with Crippen molar-refractivity contribution in [1.82, 2.24) is 8.61 Å². The minimum atomic E-state index is -3.77. The van der Waals surface area contributed by atoms with Gasteiger partial charge in [-0.3, -0.25) is 0 Å². The average Bonchev–Trinajstić information content (AvgIpc) is 3.32. The van der Waals surface area contributed by atoms with Crippen LogP contribution < -0.4 is 0 Å². The van der Waals surface area contributed by atoms with Crippen LogP contribution in [0, 0.1) is 19.8 Å². The quantitative estimate of drug-likeness (QED) is 0.425. The Balaban J connectivity index is 1.50. The molecule has 9 heteroatoms. The molecule has 0 amide bonds. The number of fused-ring (bicyclic) bond motifs is 1. The van der Waals surface area contributed by atoms with E-state index >= 15 is 0 Å². The Morgan fingerprint density at radius 3 is 1.73 bits per heavy atom. The molecule has 0 aliphatic carbocycles. The summed E-state index contributed by atoms with van der Waals surface area (Å²) in [6.07, 6.45) is 1.55. The number of piperidine rings is 1. The van der Waals surface area contributed by atoms with Crippen molar-refractivity contribution in [3.8, 4) is 0 Å². The van der Waals surface area contributed by atoms with Gasteiger partial charge in [-0.15, -0.1) is 0 Å². The molecular formula is C28H31ClN2O4S2. The van der Waals surface area contributed by atoms with Gasteiger partial charge in [0.05, 0.1) is 9.79 Å². The summed E-state index contributed by atoms with van der Waals surface area (Å²) in [6.45, 7) is 4.48. The summed E-state index contributed by atoms with van der Waals surface area (Å²) in [5.74, 6) is -0.120. The third-order valence-electron chi connectivity index (χ3n) is 7.67. The Kier molecular flexibility index (Phi) is 7.24. The molecule has 0 radical (unpaired) electrons. The van der Waals surface area contributed by atoms with Gasteiger partial charge in [0.1, 0.15) is 0 Å². The molecule has 2 aliphatic heterocycles. The Bertz CT molecular complexity index is 1470. The molecule has 2 fully saturated rings. The maximum Gasteiger partial charge on any atom is 0.243 e. The number of hydrogen-bond donors (Lipinski definition) is 0. The lowest BCUT2D eigenvalue weighted by Gasteiger charge is -2.43. The van der Waals surface area contributed by atoms with E-state index in [4.69, 9.17) is 11.6 Å². The summed E-state index contributed by atoms with van der Waals surface area (Å²) in [4.78, 5) is 0.544. The van der Waals surface area contributed by atoms with Crippen LogP contribution in [0.2, 0.25) is 5.02 Å². The van der Waals surface area contributed by atoms with Crippen LogP contribution in [0.3, 0.4) is 0 Å². The first-order chi connectivity index (χ1) is 17.6. The van der Waals surface area contributed by atoms with Crippen molar-refractivity contribution >= 4 is 31.6 Å². The first-order valence-electron chi connectivity index (χ1n) is 12.5. The standard InChI is InChI=1S/C28H31ClN2O4S2/c1-20-3-11-24(12-4-20)36(32,33)30-17-15-26-27(30)16-18-31(28(26)19-22-7-9-23(29)10-8-22)37(34,35)25-13-5-21(2)6-14-25/h3-14,26-28H,15-19H2,1-2H3/t26-,27-,28+/m0/s1. The fraction of sp³-hybridized carbons (Fsp3) is 0.357. The highest BCUT2D eigenvalue weighted by atomic mass is 35.5. The smallest absolute Gasteiger partial charge is 0.207 e. The van der Waals surface area contributed by atoms with E-state index in [1.807, 2.05) is 26.0 Å². The van der Waals surface area contributed by atoms with Crippen molar-refractivity contribution in [3.63, 3.8) is 0 Å². The fourth-order valence-corrected chi connectivity index (χ4v) is 9.22. The third-order valence-corrected chi connectivity index (χ3v) is 11.8. The molecule has 0 bridgehead atoms. The van der Waals surface area contributed by atoms with Crippen molar-refractivity contribution in [3.05, 3.63) is 94.5 Å². The Labute approximate surface area is 225 Å². The number of rotatable bonds is 6. The van der Waals surface area contributed by atoms with E-state index in [1.165, 1.54) is 0 Å². The van der Waals surface area contributed by atoms with Crippen LogP contribution in [-0.4, -0.2) is 50.6 Å². The van der Waals surface area contributed by atoms with Crippen LogP contribution in [0.5, 0.6) is 0 Å². The van der Waals surface area contributed by atoms with Gasteiger partial charge in [0.25, 0.3) is 0 Å². The van der Waals surface area contributed by atoms with Crippen molar-refractivity contribution in [1.29, 1.82) is 0 Å². The largest absolute Gasteiger partial charge is 0.243 e. The predicted octanol–water partition coefficient (Wildman–Crippen LogP) is 5.04. The molecule has 3 aromatic carbocycles. The molecule has 37 heavy (non-hydrogen) atoms. The second-order valence-corrected chi connectivity index (χ2v) is 14.3. The highest BCUT2D eigenvalue weighted by molar-refractivity contribution is 7.89. The minimum Gasteiger partial charge on any atom is -0.207 e. The van der Waals surface area contributed by atoms with E-state index in [0.717, 1.165) is 16.7 Å². The number of hydrogen-bond acceptors (Lipinski definition) is 4. The third kappa shape index (κ3) is 5.10. The van der Waals surface area contributed by atoms with E-state index in [2.05, 4.69) is 0 Å². The molecule has 196 valence electrons. The zero-order chi connectivity index (χ0) is 26.4. The van der Waals surface area contributed by atoms with Gasteiger partial charge in [0.2, 0.25) is 20.0 Å². The average molecular weight is 559 g/mol. The van der Waals surface area contributed by atoms with Gasteiger partial charge in [0.15, 0.2) is 0 Å². The van der Waals surface area contributed by atoms with Gasteiger partial charge in [-0.1, -0.05) is 59.1 Å². The van der Waals surface area contributed by atoms with E-state index in [-0.39, 0.29) is 34.3 Å². The van der Waals surface area contributed by atoms with Crippen LogP contribution in [0.4, 0.5) is 0 Å². The molecule has 3 aromatic rings. The lowest BCUT2D eigenvalue weighted by Crippen LogP contribution is -2.55. The molecule has 2 aliphatic rings. The summed E-state index contributed by atoms with van der Waals surface area (Å²) >= 11 is 6.10. The number of halogens is 1. The van der Waals surface area contributed by atoms with E-state index in [9.17, 15) is 16.8 Å². The SMILES string of the molecule is Cc1ccc(S(=O)(=O)N2CC[C@H]3[C@H](CCN3S(=O)(=O)c3ccc(C)cc3)[C@H]2Cc2ccc(Cl)cc2)cc1. The maximum atomic E-state index is 13.8. The molecule has 5 rings (SSSR count). The molecule has 2 saturated heterocycles. The van der Waals surface area contributed by atoms with Crippen LogP contribution in [0.15, 0.2) is 82.6 Å². The van der Waals surface area contributed by atoms with Gasteiger partial charge in [-0.2, -0.15) is 8.61 Å². The highest BCUT2D eigenvalue weighted by Crippen LogP contribution is 2.42. The van der Waals surface area contributed by atoms with Gasteiger partial charge in [-0.25, -0.2) is 16.8 Å². The molecule has 0 unspecified atom stereocenters. The van der Waals surface area contributed by atoms with Crippen LogP contribution in [0.25, 0.3) is 0 Å². The van der Waals surface area contributed by atoms with E-state index in [0.29, 0.717) is 30.8 Å². The van der Waals surface area contributed by atoms with Crippen molar-refractivity contribution in [2.75, 3.05) is 13.1 Å². The summed E-state index contributed by atoms with van der Waals surface area (Å²) in [6, 6.07) is 20.6. The van der Waals surface area contributed by atoms with Crippen LogP contribution >= 0.6 is 11.6 Å². The Morgan fingerprint density at radius 2 is 1.19 bits per heavy atom. The molecule has 0 aromatic heterocycles. The zero-order valence-electron chi connectivity index (χ0n) is 20.9. The highest BCUT2D eigenvalue weighted by Gasteiger charge is 2.51. The Hall–Kier alpha value is -2.23. The second kappa shape index (κ2) is 10.2. The molecule has 6 nitrogen and oxygen atoms in total. The summed E-state index contributed by atoms with van der Waals surface area (Å²) in [5, 5.41) is 0.616. The second-order valence-electron chi connectivity index (χ2n) is 10.1. The molecule has 0 spiro atoms. The van der Waals surface area contributed by atoms with Gasteiger partial charge >= 0.3 is 0 Å². The number of benzene rings is 3. The number of nitrogens with zero attached hydrogens (tertiary/aromatic N) is 2. The normalized spacial score (nSPS) is 23.2. The summed E-state index contributed by atoms with van der Waals surface area (Å²) in [5.41, 5.74) is 2.96. The first-order valence-corrected chi connectivity index (χ1v) is 15.7. The molecule has 2 heterocycles. The number of sulfonamides is 2. The monoisotopic (exact) mass is 558 g/mol. The predicted molar refractivity (Wildman–Crippen MR) is 146 cm³/mol. The van der Waals surface area contributed by atoms with Crippen molar-refractivity contribution < 1.29 is 16.8 Å². The van der Waals surface area contributed by atoms with Crippen molar-refractivity contribution in [2.24, 2.45) is 5.92 Å². The van der Waals surface area contributed by atoms with Gasteiger partial charge < -0.3 is 0 Å². The molecular weight excluding hydrogens is 528 g/mol. The van der Waals surface area contributed by atoms with E-state index in [1.54, 1.807) is 69.3 Å². The van der Waals surface area contributed by atoms with Crippen LogP contribution in [0.1, 0.15) is 29.5 Å². The lowest BCUT2D eigenvalue weighted by molar-refractivity contribution is 0.138. The molecule has 0 N–H and O–H groups in total. The topological polar surface area (TPSA) is 74.8 Å². The first kappa shape index (κ1) is 26.4. The minimum absolute atomic E-state index is 0.120. The number of aryl methyl sites for hydroxylation is 2. The summed E-state index contributed by atoms with van der Waals surface area (Å²) < 4.78 is 58.1.